The van der Waals surface area contributed by atoms with Crippen LogP contribution in [0.1, 0.15) is 16.2 Å². The van der Waals surface area contributed by atoms with Crippen LogP contribution < -0.4 is 5.32 Å². The first kappa shape index (κ1) is 8.45. The fourth-order valence-electron chi connectivity index (χ4n) is 0.686. The molecule has 0 atom stereocenters. The molecule has 0 bridgehead atoms. The standard InChI is InChI=1S/C7H9N3O2/c1-3-4-8-7(11)6-5(2)9-12-10-6/h3H,1,4H2,2H3,(H,8,11). The van der Waals surface area contributed by atoms with Crippen LogP contribution in [-0.4, -0.2) is 22.8 Å². The molecule has 0 unspecified atom stereocenters. The van der Waals surface area contributed by atoms with E-state index in [1.54, 1.807) is 13.0 Å². The van der Waals surface area contributed by atoms with E-state index in [2.05, 4.69) is 26.8 Å². The van der Waals surface area contributed by atoms with Gasteiger partial charge >= 0.3 is 0 Å². The van der Waals surface area contributed by atoms with Crippen molar-refractivity contribution in [3.05, 3.63) is 24.0 Å². The number of nitrogens with one attached hydrogen (secondary N) is 1. The summed E-state index contributed by atoms with van der Waals surface area (Å²) in [6, 6.07) is 0. The minimum Gasteiger partial charge on any atom is -0.347 e. The summed E-state index contributed by atoms with van der Waals surface area (Å²) in [6.07, 6.45) is 1.58. The molecule has 12 heavy (non-hydrogen) atoms. The van der Waals surface area contributed by atoms with Crippen molar-refractivity contribution in [2.75, 3.05) is 6.54 Å². The number of carbonyl (C=O) groups is 1. The Morgan fingerprint density at radius 3 is 3.00 bits per heavy atom. The molecule has 0 aliphatic carbocycles. The Kier molecular flexibility index (Phi) is 2.57. The molecule has 5 heteroatoms. The molecule has 0 saturated heterocycles. The number of aromatic nitrogens is 2. The smallest absolute Gasteiger partial charge is 0.275 e. The van der Waals surface area contributed by atoms with Gasteiger partial charge in [-0.05, 0) is 12.1 Å². The van der Waals surface area contributed by atoms with Crippen molar-refractivity contribution >= 4 is 5.91 Å². The summed E-state index contributed by atoms with van der Waals surface area (Å²) in [6.45, 7) is 5.52. The molecule has 5 nitrogen and oxygen atoms in total. The Bertz CT molecular complexity index is 293. The third kappa shape index (κ3) is 1.69. The molecule has 1 aromatic heterocycles. The minimum atomic E-state index is -0.298. The second-order valence-electron chi connectivity index (χ2n) is 2.20. The van der Waals surface area contributed by atoms with Crippen molar-refractivity contribution in [2.24, 2.45) is 0 Å². The van der Waals surface area contributed by atoms with Crippen molar-refractivity contribution in [1.29, 1.82) is 0 Å². The van der Waals surface area contributed by atoms with Gasteiger partial charge in [0.2, 0.25) is 0 Å². The van der Waals surface area contributed by atoms with Gasteiger partial charge in [-0.3, -0.25) is 4.79 Å². The lowest BCUT2D eigenvalue weighted by Crippen LogP contribution is -2.24. The lowest BCUT2D eigenvalue weighted by atomic mass is 10.3. The zero-order valence-electron chi connectivity index (χ0n) is 6.70. The quantitative estimate of drug-likeness (QED) is 0.657. The molecule has 0 aliphatic rings. The molecule has 1 amide bonds. The van der Waals surface area contributed by atoms with Gasteiger partial charge in [-0.2, -0.15) is 0 Å². The first-order chi connectivity index (χ1) is 5.75. The predicted octanol–water partition coefficient (Wildman–Crippen LogP) is 0.294. The van der Waals surface area contributed by atoms with Gasteiger partial charge in [-0.15, -0.1) is 6.58 Å². The molecule has 1 rings (SSSR count). The predicted molar refractivity (Wildman–Crippen MR) is 41.6 cm³/mol. The minimum absolute atomic E-state index is 0.219. The van der Waals surface area contributed by atoms with Gasteiger partial charge in [0.05, 0.1) is 0 Å². The van der Waals surface area contributed by atoms with E-state index >= 15 is 0 Å². The van der Waals surface area contributed by atoms with E-state index in [-0.39, 0.29) is 11.6 Å². The second kappa shape index (κ2) is 3.66. The molecule has 64 valence electrons. The fourth-order valence-corrected chi connectivity index (χ4v) is 0.686. The Morgan fingerprint density at radius 2 is 2.50 bits per heavy atom. The summed E-state index contributed by atoms with van der Waals surface area (Å²) in [7, 11) is 0. The first-order valence-electron chi connectivity index (χ1n) is 3.44. The highest BCUT2D eigenvalue weighted by molar-refractivity contribution is 5.93. The topological polar surface area (TPSA) is 68.0 Å². The highest BCUT2D eigenvalue weighted by atomic mass is 16.6. The van der Waals surface area contributed by atoms with E-state index in [9.17, 15) is 4.79 Å². The molecule has 0 aromatic carbocycles. The summed E-state index contributed by atoms with van der Waals surface area (Å²) in [4.78, 5) is 11.2. The zero-order valence-corrected chi connectivity index (χ0v) is 6.70. The molecule has 1 aromatic rings. The molecular weight excluding hydrogens is 158 g/mol. The van der Waals surface area contributed by atoms with Crippen LogP contribution >= 0.6 is 0 Å². The maximum atomic E-state index is 11.2. The van der Waals surface area contributed by atoms with Crippen LogP contribution in [0.4, 0.5) is 0 Å². The molecule has 1 heterocycles. The largest absolute Gasteiger partial charge is 0.347 e. The van der Waals surface area contributed by atoms with Gasteiger partial charge in [0.25, 0.3) is 5.91 Å². The number of hydrogen-bond acceptors (Lipinski definition) is 4. The number of aryl methyl sites for hydroxylation is 1. The van der Waals surface area contributed by atoms with Gasteiger partial charge in [-0.25, -0.2) is 4.63 Å². The van der Waals surface area contributed by atoms with Gasteiger partial charge in [0.15, 0.2) is 5.69 Å². The fraction of sp³-hybridized carbons (Fsp3) is 0.286. The maximum absolute atomic E-state index is 11.2. The Hall–Kier alpha value is -1.65. The van der Waals surface area contributed by atoms with E-state index in [4.69, 9.17) is 0 Å². The number of hydrogen-bond donors (Lipinski definition) is 1. The summed E-state index contributed by atoms with van der Waals surface area (Å²) in [5.74, 6) is -0.298. The molecule has 1 N–H and O–H groups in total. The molecule has 0 aliphatic heterocycles. The molecule has 0 spiro atoms. The van der Waals surface area contributed by atoms with Crippen LogP contribution in [0.3, 0.4) is 0 Å². The van der Waals surface area contributed by atoms with E-state index in [0.29, 0.717) is 12.2 Å². The van der Waals surface area contributed by atoms with E-state index in [0.717, 1.165) is 0 Å². The third-order valence-electron chi connectivity index (χ3n) is 1.27. The summed E-state index contributed by atoms with van der Waals surface area (Å²) >= 11 is 0. The maximum Gasteiger partial charge on any atom is 0.275 e. The van der Waals surface area contributed by atoms with E-state index in [1.165, 1.54) is 0 Å². The molecule has 0 fully saturated rings. The summed E-state index contributed by atoms with van der Waals surface area (Å²) in [5.41, 5.74) is 0.702. The van der Waals surface area contributed by atoms with Crippen molar-refractivity contribution in [3.8, 4) is 0 Å². The van der Waals surface area contributed by atoms with Crippen LogP contribution in [0.15, 0.2) is 17.3 Å². The average Bonchev–Trinajstić information content (AvgIpc) is 2.47. The van der Waals surface area contributed by atoms with E-state index in [1.807, 2.05) is 0 Å². The normalized spacial score (nSPS) is 9.42. The Morgan fingerprint density at radius 1 is 1.75 bits per heavy atom. The summed E-state index contributed by atoms with van der Waals surface area (Å²) in [5, 5.41) is 9.47. The van der Waals surface area contributed by atoms with Gasteiger partial charge < -0.3 is 5.32 Å². The zero-order chi connectivity index (χ0) is 8.97. The second-order valence-corrected chi connectivity index (χ2v) is 2.20. The number of nitrogens with zero attached hydrogens (tertiary/aromatic N) is 2. The van der Waals surface area contributed by atoms with Crippen LogP contribution in [-0.2, 0) is 0 Å². The monoisotopic (exact) mass is 167 g/mol. The van der Waals surface area contributed by atoms with Crippen molar-refractivity contribution in [3.63, 3.8) is 0 Å². The number of carbonyl (C=O) groups excluding carboxylic acids is 1. The lowest BCUT2D eigenvalue weighted by molar-refractivity contribution is 0.0948. The van der Waals surface area contributed by atoms with Crippen LogP contribution in [0.2, 0.25) is 0 Å². The van der Waals surface area contributed by atoms with Crippen molar-refractivity contribution in [1.82, 2.24) is 15.6 Å². The lowest BCUT2D eigenvalue weighted by Gasteiger charge is -1.96. The van der Waals surface area contributed by atoms with Crippen molar-refractivity contribution in [2.45, 2.75) is 6.92 Å². The van der Waals surface area contributed by atoms with Crippen LogP contribution in [0, 0.1) is 6.92 Å². The van der Waals surface area contributed by atoms with Gasteiger partial charge in [0.1, 0.15) is 5.69 Å². The van der Waals surface area contributed by atoms with E-state index < -0.39 is 0 Å². The van der Waals surface area contributed by atoms with Crippen LogP contribution in [0.25, 0.3) is 0 Å². The summed E-state index contributed by atoms with van der Waals surface area (Å²) < 4.78 is 4.36. The SMILES string of the molecule is C=CCNC(=O)c1nonc1C. The molecule has 0 radical (unpaired) electrons. The molecule has 0 saturated carbocycles. The van der Waals surface area contributed by atoms with Crippen molar-refractivity contribution < 1.29 is 9.42 Å². The Balaban J connectivity index is 2.65. The van der Waals surface area contributed by atoms with Crippen LogP contribution in [0.5, 0.6) is 0 Å². The number of rotatable bonds is 3. The number of amides is 1. The van der Waals surface area contributed by atoms with Gasteiger partial charge in [-0.1, -0.05) is 11.2 Å². The highest BCUT2D eigenvalue weighted by Gasteiger charge is 2.13. The van der Waals surface area contributed by atoms with Gasteiger partial charge in [0, 0.05) is 6.54 Å². The highest BCUT2D eigenvalue weighted by Crippen LogP contribution is 1.98. The average molecular weight is 167 g/mol. The Labute approximate surface area is 69.4 Å². The third-order valence-corrected chi connectivity index (χ3v) is 1.27. The first-order valence-corrected chi connectivity index (χ1v) is 3.44. The molecular formula is C7H9N3O2.